The van der Waals surface area contributed by atoms with Crippen molar-refractivity contribution >= 4 is 52.1 Å². The molecule has 0 saturated carbocycles. The minimum absolute atomic E-state index is 0. The van der Waals surface area contributed by atoms with E-state index in [1.54, 1.807) is 12.1 Å². The van der Waals surface area contributed by atoms with Crippen LogP contribution < -0.4 is 11.5 Å². The summed E-state index contributed by atoms with van der Waals surface area (Å²) < 4.78 is 0. The highest BCUT2D eigenvalue weighted by Crippen LogP contribution is 2.28. The van der Waals surface area contributed by atoms with Crippen LogP contribution in [-0.2, 0) is 4.84 Å². The summed E-state index contributed by atoms with van der Waals surface area (Å²) in [4.78, 5) is 13.9. The van der Waals surface area contributed by atoms with Gasteiger partial charge in [0.25, 0.3) is 0 Å². The Bertz CT molecular complexity index is 636. The van der Waals surface area contributed by atoms with Crippen molar-refractivity contribution in [1.29, 1.82) is 0 Å². The zero-order valence-corrected chi connectivity index (χ0v) is 16.3. The molecule has 0 bridgehead atoms. The highest BCUT2D eigenvalue weighted by molar-refractivity contribution is 8.93. The summed E-state index contributed by atoms with van der Waals surface area (Å²) in [5.74, 6) is 0.347. The Morgan fingerprint density at radius 1 is 1.30 bits per heavy atom. The lowest BCUT2D eigenvalue weighted by molar-refractivity contribution is -0.160. The number of rotatable bonds is 4. The number of hydrogen-bond donors (Lipinski definition) is 2. The second kappa shape index (κ2) is 7.70. The first-order chi connectivity index (χ1) is 10.2. The number of halogens is 3. The van der Waals surface area contributed by atoms with E-state index in [1.807, 2.05) is 26.8 Å². The number of aliphatic imine (C=N–C) groups is 2. The topological polar surface area (TPSA) is 89.2 Å². The van der Waals surface area contributed by atoms with Gasteiger partial charge in [0.2, 0.25) is 11.9 Å². The van der Waals surface area contributed by atoms with Gasteiger partial charge in [0, 0.05) is 16.0 Å². The predicted octanol–water partition coefficient (Wildman–Crippen LogP) is 3.29. The highest BCUT2D eigenvalue weighted by atomic mass is 79.9. The Labute approximate surface area is 156 Å². The van der Waals surface area contributed by atoms with E-state index >= 15 is 0 Å². The van der Waals surface area contributed by atoms with Crippen LogP contribution >= 0.6 is 40.2 Å². The molecule has 1 aromatic carbocycles. The summed E-state index contributed by atoms with van der Waals surface area (Å²) in [7, 11) is 0. The van der Waals surface area contributed by atoms with E-state index in [0.717, 1.165) is 5.56 Å². The van der Waals surface area contributed by atoms with Gasteiger partial charge < -0.3 is 11.5 Å². The van der Waals surface area contributed by atoms with Crippen LogP contribution in [0.1, 0.15) is 32.3 Å². The van der Waals surface area contributed by atoms with Gasteiger partial charge >= 0.3 is 0 Å². The fraction of sp³-hybridized carbons (Fsp3) is 0.429. The summed E-state index contributed by atoms with van der Waals surface area (Å²) in [5, 5.41) is 2.65. The third kappa shape index (κ3) is 4.73. The molecular formula is C14H20BrCl2N5O. The molecule has 23 heavy (non-hydrogen) atoms. The lowest BCUT2D eigenvalue weighted by atomic mass is 10.0. The minimum atomic E-state index is -0.723. The van der Waals surface area contributed by atoms with Gasteiger partial charge in [0.05, 0.1) is 6.61 Å². The van der Waals surface area contributed by atoms with Crippen molar-refractivity contribution in [2.75, 3.05) is 6.61 Å². The van der Waals surface area contributed by atoms with Crippen LogP contribution in [0, 0.1) is 0 Å². The van der Waals surface area contributed by atoms with E-state index in [9.17, 15) is 0 Å². The van der Waals surface area contributed by atoms with Crippen LogP contribution in [0.5, 0.6) is 0 Å². The second-order valence-corrected chi connectivity index (χ2v) is 6.44. The third-order valence-electron chi connectivity index (χ3n) is 3.27. The van der Waals surface area contributed by atoms with Crippen molar-refractivity contribution in [3.63, 3.8) is 0 Å². The zero-order chi connectivity index (χ0) is 16.5. The molecule has 9 heteroatoms. The Hall–Kier alpha value is -1.02. The number of hydroxylamine groups is 2. The number of guanidine groups is 2. The van der Waals surface area contributed by atoms with Gasteiger partial charge in [0.15, 0.2) is 5.66 Å². The van der Waals surface area contributed by atoms with Gasteiger partial charge in [0.1, 0.15) is 0 Å². The SMILES string of the molecule is Br.CC(CON1C(N)=NC(N)=NC1(C)C)c1ccc(Cl)cc1Cl. The van der Waals surface area contributed by atoms with Crippen LogP contribution in [0.3, 0.4) is 0 Å². The molecule has 1 aliphatic heterocycles. The molecule has 4 N–H and O–H groups in total. The monoisotopic (exact) mass is 423 g/mol. The molecule has 0 aliphatic carbocycles. The summed E-state index contributed by atoms with van der Waals surface area (Å²) in [6.07, 6.45) is 0. The second-order valence-electron chi connectivity index (χ2n) is 5.59. The largest absolute Gasteiger partial charge is 0.368 e. The van der Waals surface area contributed by atoms with Crippen LogP contribution in [-0.4, -0.2) is 29.3 Å². The minimum Gasteiger partial charge on any atom is -0.368 e. The molecule has 1 aliphatic rings. The predicted molar refractivity (Wildman–Crippen MR) is 100 cm³/mol. The van der Waals surface area contributed by atoms with E-state index in [4.69, 9.17) is 39.5 Å². The Morgan fingerprint density at radius 3 is 2.52 bits per heavy atom. The molecule has 2 rings (SSSR count). The standard InChI is InChI=1S/C14H19Cl2N5O.BrH/c1-8(10-5-4-9(15)6-11(10)16)7-22-21-13(18)19-12(17)20-14(21,2)3;/h4-6,8H,7H2,1-3H3,(H4,17,18,19,20);1H. The van der Waals surface area contributed by atoms with Gasteiger partial charge in [-0.3, -0.25) is 4.84 Å². The summed E-state index contributed by atoms with van der Waals surface area (Å²) in [6, 6.07) is 5.39. The smallest absolute Gasteiger partial charge is 0.226 e. The first kappa shape index (κ1) is 20.0. The van der Waals surface area contributed by atoms with Gasteiger partial charge in [-0.15, -0.1) is 17.0 Å². The van der Waals surface area contributed by atoms with Crippen LogP contribution in [0.15, 0.2) is 28.2 Å². The van der Waals surface area contributed by atoms with Crippen LogP contribution in [0.2, 0.25) is 10.0 Å². The van der Waals surface area contributed by atoms with E-state index < -0.39 is 5.66 Å². The van der Waals surface area contributed by atoms with Crippen molar-refractivity contribution in [2.24, 2.45) is 21.5 Å². The maximum Gasteiger partial charge on any atom is 0.226 e. The average molecular weight is 425 g/mol. The Balaban J connectivity index is 0.00000264. The van der Waals surface area contributed by atoms with E-state index in [-0.39, 0.29) is 34.8 Å². The molecular weight excluding hydrogens is 405 g/mol. The van der Waals surface area contributed by atoms with E-state index in [1.165, 1.54) is 5.06 Å². The number of benzene rings is 1. The molecule has 0 amide bonds. The number of nitrogens with two attached hydrogens (primary N) is 2. The lowest BCUT2D eigenvalue weighted by Crippen LogP contribution is -2.54. The first-order valence-corrected chi connectivity index (χ1v) is 7.54. The molecule has 0 aromatic heterocycles. The van der Waals surface area contributed by atoms with Crippen molar-refractivity contribution in [1.82, 2.24) is 5.06 Å². The van der Waals surface area contributed by atoms with E-state index in [2.05, 4.69) is 9.98 Å². The van der Waals surface area contributed by atoms with Gasteiger partial charge in [-0.25, -0.2) is 4.99 Å². The molecule has 0 spiro atoms. The van der Waals surface area contributed by atoms with Crippen LogP contribution in [0.25, 0.3) is 0 Å². The molecule has 0 radical (unpaired) electrons. The Morgan fingerprint density at radius 2 is 1.96 bits per heavy atom. The highest BCUT2D eigenvalue weighted by Gasteiger charge is 2.33. The summed E-state index contributed by atoms with van der Waals surface area (Å²) in [6.45, 7) is 6.02. The number of nitrogens with zero attached hydrogens (tertiary/aromatic N) is 3. The molecule has 6 nitrogen and oxygen atoms in total. The summed E-state index contributed by atoms with van der Waals surface area (Å²) >= 11 is 12.1. The average Bonchev–Trinajstić information content (AvgIpc) is 2.35. The third-order valence-corrected chi connectivity index (χ3v) is 3.83. The quantitative estimate of drug-likeness (QED) is 0.775. The van der Waals surface area contributed by atoms with Crippen molar-refractivity contribution in [2.45, 2.75) is 32.4 Å². The summed E-state index contributed by atoms with van der Waals surface area (Å²) in [5.41, 5.74) is 11.7. The Kier molecular flexibility index (Phi) is 6.70. The molecule has 1 aromatic rings. The van der Waals surface area contributed by atoms with Gasteiger partial charge in [-0.2, -0.15) is 10.1 Å². The van der Waals surface area contributed by atoms with Crippen molar-refractivity contribution in [3.8, 4) is 0 Å². The maximum absolute atomic E-state index is 6.21. The van der Waals surface area contributed by atoms with Crippen molar-refractivity contribution < 1.29 is 4.84 Å². The molecule has 0 fully saturated rings. The fourth-order valence-electron chi connectivity index (χ4n) is 2.20. The maximum atomic E-state index is 6.21. The van der Waals surface area contributed by atoms with Crippen LogP contribution in [0.4, 0.5) is 0 Å². The molecule has 1 unspecified atom stereocenters. The molecule has 0 saturated heterocycles. The van der Waals surface area contributed by atoms with E-state index in [0.29, 0.717) is 16.7 Å². The lowest BCUT2D eigenvalue weighted by Gasteiger charge is -2.37. The molecule has 1 atom stereocenters. The molecule has 128 valence electrons. The fourth-order valence-corrected chi connectivity index (χ4v) is 2.79. The van der Waals surface area contributed by atoms with Gasteiger partial charge in [-0.05, 0) is 31.5 Å². The zero-order valence-electron chi connectivity index (χ0n) is 13.1. The van der Waals surface area contributed by atoms with Gasteiger partial charge in [-0.1, -0.05) is 36.2 Å². The molecule has 1 heterocycles. The van der Waals surface area contributed by atoms with Crippen molar-refractivity contribution in [3.05, 3.63) is 33.8 Å². The normalized spacial score (nSPS) is 17.9. The number of hydrogen-bond acceptors (Lipinski definition) is 6. The first-order valence-electron chi connectivity index (χ1n) is 6.78.